The van der Waals surface area contributed by atoms with Crippen LogP contribution >= 0.6 is 16.1 Å². The van der Waals surface area contributed by atoms with Gasteiger partial charge in [0.25, 0.3) is 15.9 Å². The van der Waals surface area contributed by atoms with Gasteiger partial charge in [-0.15, -0.1) is 0 Å². The molecule has 4 rings (SSSR count). The number of amides is 1. The fourth-order valence-electron chi connectivity index (χ4n) is 4.28. The van der Waals surface area contributed by atoms with Crippen molar-refractivity contribution in [3.05, 3.63) is 42.1 Å². The van der Waals surface area contributed by atoms with Gasteiger partial charge in [0.2, 0.25) is 0 Å². The molecular weight excluding hydrogens is 470 g/mol. The van der Waals surface area contributed by atoms with Crippen LogP contribution in [0.3, 0.4) is 0 Å². The molecule has 1 atom stereocenters. The van der Waals surface area contributed by atoms with E-state index in [9.17, 15) is 13.2 Å². The average Bonchev–Trinajstić information content (AvgIpc) is 3.03. The highest BCUT2D eigenvalue weighted by Crippen LogP contribution is 2.39. The maximum atomic E-state index is 13.3. The molecule has 4 heterocycles. The second-order valence-electron chi connectivity index (χ2n) is 8.32. The fourth-order valence-corrected chi connectivity index (χ4v) is 5.86. The molecule has 0 radical (unpaired) electrons. The number of fused-ring (bicyclic) bond motifs is 6. The van der Waals surface area contributed by atoms with Crippen LogP contribution in [-0.4, -0.2) is 46.3 Å². The molecule has 30 heavy (non-hydrogen) atoms. The van der Waals surface area contributed by atoms with Gasteiger partial charge < -0.3 is 10.2 Å². The number of carbonyl (C=O) groups is 1. The van der Waals surface area contributed by atoms with Crippen LogP contribution in [0.2, 0.25) is 0 Å². The highest BCUT2D eigenvalue weighted by Gasteiger charge is 2.41. The predicted octanol–water partition coefficient (Wildman–Crippen LogP) is 3.43. The Hall–Kier alpha value is -2.20. The van der Waals surface area contributed by atoms with Crippen molar-refractivity contribution >= 4 is 43.7 Å². The standard InChI is InChI=1S/C20H24BrN5O3S/c1-20(2)12-14-6-4-10-22-16-8-3-9-17(24-16)30(28,29)26(21)19(27)15-7-5-11-23-18(15)25(20)13-14/h3,5,7-9,11,14H,4,6,10,12-13H2,1-2H3,(H,22,24)/t14-/m0/s1. The number of sulfonamides is 1. The molecule has 0 saturated carbocycles. The van der Waals surface area contributed by atoms with Crippen molar-refractivity contribution in [2.45, 2.75) is 43.7 Å². The summed E-state index contributed by atoms with van der Waals surface area (Å²) in [5.74, 6) is 0.728. The number of aromatic nitrogens is 2. The quantitative estimate of drug-likeness (QED) is 0.561. The van der Waals surface area contributed by atoms with E-state index in [1.807, 2.05) is 0 Å². The van der Waals surface area contributed by atoms with Gasteiger partial charge in [0, 0.05) is 24.8 Å². The van der Waals surface area contributed by atoms with E-state index >= 15 is 0 Å². The zero-order chi connectivity index (χ0) is 21.5. The summed E-state index contributed by atoms with van der Waals surface area (Å²) in [5.41, 5.74) is 0.0382. The van der Waals surface area contributed by atoms with Gasteiger partial charge in [0.15, 0.2) is 5.03 Å². The maximum Gasteiger partial charge on any atom is 0.294 e. The molecule has 4 bridgehead atoms. The van der Waals surface area contributed by atoms with Gasteiger partial charge >= 0.3 is 0 Å². The number of nitrogens with one attached hydrogen (secondary N) is 1. The van der Waals surface area contributed by atoms with E-state index in [1.165, 1.54) is 6.07 Å². The number of halogens is 1. The van der Waals surface area contributed by atoms with Gasteiger partial charge in [0.1, 0.15) is 11.6 Å². The van der Waals surface area contributed by atoms with Gasteiger partial charge in [-0.3, -0.25) is 4.79 Å². The molecule has 2 aliphatic heterocycles. The molecule has 2 aliphatic rings. The highest BCUT2D eigenvalue weighted by atomic mass is 79.9. The van der Waals surface area contributed by atoms with E-state index in [4.69, 9.17) is 0 Å². The van der Waals surface area contributed by atoms with Crippen molar-refractivity contribution in [2.75, 3.05) is 23.3 Å². The normalized spacial score (nSPS) is 23.2. The molecule has 160 valence electrons. The summed E-state index contributed by atoms with van der Waals surface area (Å²) in [7, 11) is -4.19. The number of anilines is 2. The molecular formula is C20H24BrN5O3S. The van der Waals surface area contributed by atoms with Crippen molar-refractivity contribution in [3.8, 4) is 0 Å². The molecule has 2 aromatic heterocycles. The monoisotopic (exact) mass is 493 g/mol. The third kappa shape index (κ3) is 3.78. The molecule has 0 aliphatic carbocycles. The smallest absolute Gasteiger partial charge is 0.294 e. The average molecular weight is 494 g/mol. The Balaban J connectivity index is 1.82. The maximum absolute atomic E-state index is 13.3. The van der Waals surface area contributed by atoms with Crippen LogP contribution in [0.4, 0.5) is 11.6 Å². The van der Waals surface area contributed by atoms with E-state index in [0.29, 0.717) is 27.4 Å². The number of hydrogen-bond acceptors (Lipinski definition) is 7. The molecule has 8 nitrogen and oxygen atoms in total. The zero-order valence-electron chi connectivity index (χ0n) is 16.9. The molecule has 1 saturated heterocycles. The molecule has 2 aromatic rings. The molecule has 0 spiro atoms. The first-order valence-corrected chi connectivity index (χ1v) is 12.0. The molecule has 1 fully saturated rings. The molecule has 0 unspecified atom stereocenters. The number of hydrogen-bond donors (Lipinski definition) is 1. The largest absolute Gasteiger partial charge is 0.370 e. The minimum absolute atomic E-state index is 0.194. The van der Waals surface area contributed by atoms with Crippen LogP contribution in [0.15, 0.2) is 41.6 Å². The van der Waals surface area contributed by atoms with Crippen LogP contribution in [0.25, 0.3) is 0 Å². The minimum atomic E-state index is -4.19. The highest BCUT2D eigenvalue weighted by molar-refractivity contribution is 9.09. The van der Waals surface area contributed by atoms with Gasteiger partial charge in [-0.1, -0.05) is 6.07 Å². The Labute approximate surface area is 185 Å². The van der Waals surface area contributed by atoms with Crippen molar-refractivity contribution in [1.82, 2.24) is 13.3 Å². The topological polar surface area (TPSA) is 95.5 Å². The van der Waals surface area contributed by atoms with E-state index < -0.39 is 15.9 Å². The Morgan fingerprint density at radius 1 is 1.23 bits per heavy atom. The summed E-state index contributed by atoms with van der Waals surface area (Å²) < 4.78 is 26.7. The third-order valence-corrected chi connectivity index (χ3v) is 8.50. The van der Waals surface area contributed by atoms with E-state index in [1.54, 1.807) is 30.5 Å². The summed E-state index contributed by atoms with van der Waals surface area (Å²) in [6.07, 6.45) is 4.56. The Morgan fingerprint density at radius 3 is 2.83 bits per heavy atom. The lowest BCUT2D eigenvalue weighted by atomic mass is 9.93. The second kappa shape index (κ2) is 7.81. The molecule has 10 heteroatoms. The first kappa shape index (κ1) is 21.0. The second-order valence-corrected chi connectivity index (χ2v) is 11.2. The number of rotatable bonds is 0. The fraction of sp³-hybridized carbons (Fsp3) is 0.450. The summed E-state index contributed by atoms with van der Waals surface area (Å²) in [5, 5.41) is 2.99. The molecule has 0 aromatic carbocycles. The first-order chi connectivity index (χ1) is 14.2. The van der Waals surface area contributed by atoms with Crippen molar-refractivity contribution in [3.63, 3.8) is 0 Å². The van der Waals surface area contributed by atoms with Crippen LogP contribution in [0, 0.1) is 5.92 Å². The van der Waals surface area contributed by atoms with Crippen LogP contribution in [0.1, 0.15) is 43.5 Å². The van der Waals surface area contributed by atoms with Crippen molar-refractivity contribution in [2.24, 2.45) is 5.92 Å². The summed E-state index contributed by atoms with van der Waals surface area (Å²) in [4.78, 5) is 24.1. The first-order valence-electron chi connectivity index (χ1n) is 9.89. The summed E-state index contributed by atoms with van der Waals surface area (Å²) in [6, 6.07) is 7.95. The lowest BCUT2D eigenvalue weighted by molar-refractivity contribution is 0.0932. The number of carbonyl (C=O) groups excluding carboxylic acids is 1. The summed E-state index contributed by atoms with van der Waals surface area (Å²) >= 11 is 2.99. The van der Waals surface area contributed by atoms with Crippen molar-refractivity contribution in [1.29, 1.82) is 0 Å². The van der Waals surface area contributed by atoms with Gasteiger partial charge in [-0.05, 0) is 63.3 Å². The lowest BCUT2D eigenvalue weighted by Crippen LogP contribution is -2.40. The molecule has 1 N–H and O–H groups in total. The van der Waals surface area contributed by atoms with E-state index in [2.05, 4.69) is 50.2 Å². The molecule has 1 amide bonds. The SMILES string of the molecule is CC1(C)C[C@@H]2CCCNc3cccc(n3)S(=O)(=O)N(Br)C(=O)c3cccnc3N1C2. The zero-order valence-corrected chi connectivity index (χ0v) is 19.3. The predicted molar refractivity (Wildman–Crippen MR) is 118 cm³/mol. The van der Waals surface area contributed by atoms with Crippen LogP contribution in [-0.2, 0) is 10.0 Å². The Morgan fingerprint density at radius 2 is 2.03 bits per heavy atom. The van der Waals surface area contributed by atoms with Crippen LogP contribution in [0.5, 0.6) is 0 Å². The lowest BCUT2D eigenvalue weighted by Gasteiger charge is -2.33. The van der Waals surface area contributed by atoms with E-state index in [-0.39, 0.29) is 16.1 Å². The third-order valence-electron chi connectivity index (χ3n) is 5.69. The Bertz CT molecular complexity index is 1080. The van der Waals surface area contributed by atoms with Gasteiger partial charge in [-0.25, -0.2) is 9.97 Å². The van der Waals surface area contributed by atoms with Gasteiger partial charge in [-0.2, -0.15) is 11.7 Å². The van der Waals surface area contributed by atoms with Crippen LogP contribution < -0.4 is 10.2 Å². The minimum Gasteiger partial charge on any atom is -0.370 e. The number of pyridine rings is 2. The number of nitrogens with zero attached hydrogens (tertiary/aromatic N) is 4. The summed E-state index contributed by atoms with van der Waals surface area (Å²) in [6.45, 7) is 5.73. The van der Waals surface area contributed by atoms with Crippen molar-refractivity contribution < 1.29 is 13.2 Å². The van der Waals surface area contributed by atoms with Gasteiger partial charge in [0.05, 0.1) is 21.7 Å². The van der Waals surface area contributed by atoms with E-state index in [0.717, 1.165) is 25.8 Å². The Kier molecular flexibility index (Phi) is 5.48.